The van der Waals surface area contributed by atoms with Crippen LogP contribution in [0.5, 0.6) is 0 Å². The molecule has 0 unspecified atom stereocenters. The van der Waals surface area contributed by atoms with Gasteiger partial charge in [0.15, 0.2) is 11.0 Å². The molecule has 0 bridgehead atoms. The molecule has 8 heteroatoms. The zero-order chi connectivity index (χ0) is 14.4. The molecule has 0 saturated heterocycles. The second-order valence-corrected chi connectivity index (χ2v) is 6.37. The fourth-order valence-corrected chi connectivity index (χ4v) is 3.16. The molecule has 0 aliphatic heterocycles. The normalized spacial score (nSPS) is 18.0. The van der Waals surface area contributed by atoms with E-state index < -0.39 is 5.82 Å². The van der Waals surface area contributed by atoms with Gasteiger partial charge in [0, 0.05) is 19.0 Å². The van der Waals surface area contributed by atoms with Crippen molar-refractivity contribution >= 4 is 17.7 Å². The molecule has 2 aromatic rings. The third-order valence-electron chi connectivity index (χ3n) is 3.67. The summed E-state index contributed by atoms with van der Waals surface area (Å²) in [5.74, 6) is 1.56. The predicted octanol–water partition coefficient (Wildman–Crippen LogP) is 2.61. The average molecular weight is 306 g/mol. The van der Waals surface area contributed by atoms with Crippen LogP contribution in [0.15, 0.2) is 16.4 Å². The molecule has 2 aliphatic carbocycles. The van der Waals surface area contributed by atoms with Crippen LogP contribution in [0.3, 0.4) is 0 Å². The lowest BCUT2D eigenvalue weighted by Crippen LogP contribution is -2.03. The van der Waals surface area contributed by atoms with Crippen molar-refractivity contribution in [3.8, 4) is 0 Å². The molecular formula is C13H15FN6S. The highest BCUT2D eigenvalue weighted by molar-refractivity contribution is 7.99. The van der Waals surface area contributed by atoms with E-state index in [2.05, 4.69) is 30.0 Å². The molecule has 2 aromatic heterocycles. The molecule has 4 rings (SSSR count). The lowest BCUT2D eigenvalue weighted by atomic mass is 10.4. The Labute approximate surface area is 125 Å². The minimum atomic E-state index is -0.433. The summed E-state index contributed by atoms with van der Waals surface area (Å²) in [6.07, 6.45) is 5.85. The summed E-state index contributed by atoms with van der Waals surface area (Å²) < 4.78 is 16.1. The Morgan fingerprint density at radius 1 is 1.29 bits per heavy atom. The van der Waals surface area contributed by atoms with E-state index in [9.17, 15) is 4.39 Å². The Bertz CT molecular complexity index is 679. The van der Waals surface area contributed by atoms with Gasteiger partial charge in [-0.2, -0.15) is 0 Å². The fraction of sp³-hybridized carbons (Fsp3) is 0.538. The van der Waals surface area contributed by atoms with Gasteiger partial charge in [-0.25, -0.2) is 14.4 Å². The van der Waals surface area contributed by atoms with E-state index in [-0.39, 0.29) is 5.03 Å². The minimum Gasteiger partial charge on any atom is -0.357 e. The number of nitrogens with one attached hydrogen (secondary N) is 1. The van der Waals surface area contributed by atoms with E-state index in [1.54, 1.807) is 7.05 Å². The first-order valence-corrected chi connectivity index (χ1v) is 7.91. The third kappa shape index (κ3) is 2.48. The van der Waals surface area contributed by atoms with E-state index in [4.69, 9.17) is 0 Å². The molecule has 2 aliphatic rings. The summed E-state index contributed by atoms with van der Waals surface area (Å²) in [6.45, 7) is 0. The topological polar surface area (TPSA) is 68.5 Å². The van der Waals surface area contributed by atoms with Crippen LogP contribution in [0.4, 0.5) is 10.3 Å². The Morgan fingerprint density at radius 3 is 2.76 bits per heavy atom. The lowest BCUT2D eigenvalue weighted by molar-refractivity contribution is 0.577. The third-order valence-corrected chi connectivity index (χ3v) is 4.61. The van der Waals surface area contributed by atoms with E-state index >= 15 is 0 Å². The number of rotatable bonds is 5. The van der Waals surface area contributed by atoms with E-state index in [1.165, 1.54) is 30.8 Å². The first kappa shape index (κ1) is 13.0. The van der Waals surface area contributed by atoms with E-state index in [0.29, 0.717) is 17.9 Å². The van der Waals surface area contributed by atoms with Gasteiger partial charge in [0.1, 0.15) is 10.9 Å². The molecule has 2 saturated carbocycles. The molecule has 0 spiro atoms. The largest absolute Gasteiger partial charge is 0.357 e. The predicted molar refractivity (Wildman–Crippen MR) is 75.9 cm³/mol. The van der Waals surface area contributed by atoms with Crippen LogP contribution in [0, 0.1) is 5.82 Å². The van der Waals surface area contributed by atoms with Crippen molar-refractivity contribution in [1.82, 2.24) is 24.7 Å². The number of hydrogen-bond acceptors (Lipinski definition) is 6. The van der Waals surface area contributed by atoms with Crippen molar-refractivity contribution in [3.63, 3.8) is 0 Å². The monoisotopic (exact) mass is 306 g/mol. The van der Waals surface area contributed by atoms with Crippen LogP contribution in [-0.4, -0.2) is 31.8 Å². The molecule has 2 fully saturated rings. The Kier molecular flexibility index (Phi) is 3.06. The van der Waals surface area contributed by atoms with Crippen LogP contribution in [0.2, 0.25) is 0 Å². The van der Waals surface area contributed by atoms with Gasteiger partial charge in [0.05, 0.1) is 6.20 Å². The van der Waals surface area contributed by atoms with Crippen molar-refractivity contribution in [2.45, 2.75) is 47.8 Å². The zero-order valence-electron chi connectivity index (χ0n) is 11.6. The maximum Gasteiger partial charge on any atom is 0.223 e. The minimum absolute atomic E-state index is 0.283. The molecule has 0 amide bonds. The number of hydrogen-bond donors (Lipinski definition) is 1. The highest BCUT2D eigenvalue weighted by Crippen LogP contribution is 2.46. The van der Waals surface area contributed by atoms with Gasteiger partial charge in [-0.1, -0.05) is 0 Å². The van der Waals surface area contributed by atoms with Crippen LogP contribution in [-0.2, 0) is 0 Å². The summed E-state index contributed by atoms with van der Waals surface area (Å²) in [4.78, 5) is 8.02. The van der Waals surface area contributed by atoms with E-state index in [1.807, 2.05) is 0 Å². The van der Waals surface area contributed by atoms with Gasteiger partial charge >= 0.3 is 0 Å². The van der Waals surface area contributed by atoms with Crippen LogP contribution in [0.1, 0.15) is 43.5 Å². The maximum atomic E-state index is 13.9. The van der Waals surface area contributed by atoms with Crippen LogP contribution in [0.25, 0.3) is 0 Å². The molecule has 21 heavy (non-hydrogen) atoms. The second-order valence-electron chi connectivity index (χ2n) is 5.41. The molecule has 1 N–H and O–H groups in total. The zero-order valence-corrected chi connectivity index (χ0v) is 12.4. The lowest BCUT2D eigenvalue weighted by Gasteiger charge is -2.08. The smallest absolute Gasteiger partial charge is 0.223 e. The average Bonchev–Trinajstić information content (AvgIpc) is 3.40. The first-order valence-electron chi connectivity index (χ1n) is 7.09. The summed E-state index contributed by atoms with van der Waals surface area (Å²) in [6, 6.07) is 0.478. The summed E-state index contributed by atoms with van der Waals surface area (Å²) in [5, 5.41) is 12.4. The maximum absolute atomic E-state index is 13.9. The Morgan fingerprint density at radius 2 is 2.10 bits per heavy atom. The van der Waals surface area contributed by atoms with Gasteiger partial charge in [-0.05, 0) is 37.4 Å². The molecule has 2 heterocycles. The quantitative estimate of drug-likeness (QED) is 0.856. The number of aromatic nitrogens is 5. The highest BCUT2D eigenvalue weighted by Gasteiger charge is 2.36. The molecule has 0 radical (unpaired) electrons. The van der Waals surface area contributed by atoms with Crippen molar-refractivity contribution in [2.24, 2.45) is 0 Å². The summed E-state index contributed by atoms with van der Waals surface area (Å²) in [7, 11) is 1.71. The van der Waals surface area contributed by atoms with Gasteiger partial charge in [-0.15, -0.1) is 10.2 Å². The Hall–Kier alpha value is -1.70. The second kappa shape index (κ2) is 4.94. The van der Waals surface area contributed by atoms with Gasteiger partial charge in [0.2, 0.25) is 5.95 Å². The molecule has 0 aromatic carbocycles. The summed E-state index contributed by atoms with van der Waals surface area (Å²) in [5.41, 5.74) is 0. The molecule has 0 atom stereocenters. The molecule has 6 nitrogen and oxygen atoms in total. The first-order chi connectivity index (χ1) is 10.3. The van der Waals surface area contributed by atoms with Crippen LogP contribution >= 0.6 is 11.8 Å². The molecular weight excluding hydrogens is 291 g/mol. The van der Waals surface area contributed by atoms with Gasteiger partial charge in [-0.3, -0.25) is 0 Å². The number of nitrogens with zero attached hydrogens (tertiary/aromatic N) is 5. The van der Waals surface area contributed by atoms with Crippen LogP contribution < -0.4 is 5.32 Å². The fourth-order valence-electron chi connectivity index (χ4n) is 2.28. The Balaban J connectivity index is 1.68. The number of anilines is 1. The van der Waals surface area contributed by atoms with Gasteiger partial charge in [0.25, 0.3) is 0 Å². The van der Waals surface area contributed by atoms with Crippen molar-refractivity contribution in [2.75, 3.05) is 12.4 Å². The van der Waals surface area contributed by atoms with Gasteiger partial charge < -0.3 is 9.88 Å². The standard InChI is InChI=1S/C13H15FN6S/c1-15-12-16-6-9(14)11(17-12)21-13-19-18-10(7-2-3-7)20(13)8-4-5-8/h6-8H,2-5H2,1H3,(H,15,16,17). The van der Waals surface area contributed by atoms with Crippen molar-refractivity contribution in [3.05, 3.63) is 17.8 Å². The molecule has 110 valence electrons. The highest BCUT2D eigenvalue weighted by atomic mass is 32.2. The SMILES string of the molecule is CNc1ncc(F)c(Sc2nnc(C3CC3)n2C2CC2)n1. The van der Waals surface area contributed by atoms with E-state index in [0.717, 1.165) is 23.8 Å². The van der Waals surface area contributed by atoms with Crippen molar-refractivity contribution in [1.29, 1.82) is 0 Å². The summed E-state index contributed by atoms with van der Waals surface area (Å²) >= 11 is 1.23. The van der Waals surface area contributed by atoms with Crippen molar-refractivity contribution < 1.29 is 4.39 Å². The number of halogens is 1.